The van der Waals surface area contributed by atoms with Gasteiger partial charge >= 0.3 is 6.18 Å². The van der Waals surface area contributed by atoms with E-state index < -0.39 is 11.9 Å². The molecule has 0 saturated heterocycles. The van der Waals surface area contributed by atoms with Crippen molar-refractivity contribution in [2.45, 2.75) is 18.6 Å². The molecule has 3 aromatic heterocycles. The van der Waals surface area contributed by atoms with E-state index in [1.54, 1.807) is 6.07 Å². The number of alkyl halides is 3. The number of nitrogens with one attached hydrogen (secondary N) is 1. The maximum absolute atomic E-state index is 14.7. The second kappa shape index (κ2) is 7.06. The van der Waals surface area contributed by atoms with Crippen LogP contribution in [0.25, 0.3) is 16.8 Å². The van der Waals surface area contributed by atoms with E-state index in [0.717, 1.165) is 11.8 Å². The summed E-state index contributed by atoms with van der Waals surface area (Å²) in [6, 6.07) is 7.20. The Labute approximate surface area is 184 Å². The number of anilines is 1. The molecule has 2 aliphatic heterocycles. The fourth-order valence-electron chi connectivity index (χ4n) is 4.43. The normalized spacial score (nSPS) is 17.2. The molecule has 0 fully saturated rings. The minimum atomic E-state index is -4.66. The number of ether oxygens (including phenoxy) is 2. The fraction of sp³-hybridized carbons (Fsp3) is 0.227. The van der Waals surface area contributed by atoms with Gasteiger partial charge in [-0.25, -0.2) is 4.39 Å². The van der Waals surface area contributed by atoms with Crippen molar-refractivity contribution in [3.63, 3.8) is 0 Å². The van der Waals surface area contributed by atoms with Gasteiger partial charge in [-0.2, -0.15) is 13.2 Å². The maximum atomic E-state index is 14.7. The Bertz CT molecular complexity index is 1400. The van der Waals surface area contributed by atoms with Crippen LogP contribution in [0.4, 0.5) is 23.4 Å². The highest BCUT2D eigenvalue weighted by Crippen LogP contribution is 2.43. The Morgan fingerprint density at radius 1 is 1.06 bits per heavy atom. The topological polar surface area (TPSA) is 73.6 Å². The van der Waals surface area contributed by atoms with Crippen LogP contribution in [0.2, 0.25) is 0 Å². The van der Waals surface area contributed by atoms with Crippen LogP contribution in [-0.2, 0) is 12.7 Å². The van der Waals surface area contributed by atoms with Crippen molar-refractivity contribution in [2.24, 2.45) is 0 Å². The minimum absolute atomic E-state index is 0.124. The number of aromatic nitrogens is 4. The van der Waals surface area contributed by atoms with Gasteiger partial charge in [-0.05, 0) is 24.3 Å². The zero-order chi connectivity index (χ0) is 22.7. The van der Waals surface area contributed by atoms with Crippen molar-refractivity contribution < 1.29 is 27.0 Å². The van der Waals surface area contributed by atoms with Gasteiger partial charge in [-0.15, -0.1) is 10.2 Å². The van der Waals surface area contributed by atoms with E-state index in [1.165, 1.54) is 35.0 Å². The predicted octanol–water partition coefficient (Wildman–Crippen LogP) is 4.43. The molecule has 1 aromatic carbocycles. The highest BCUT2D eigenvalue weighted by molar-refractivity contribution is 5.83. The van der Waals surface area contributed by atoms with Crippen LogP contribution in [0, 0.1) is 5.82 Å². The quantitative estimate of drug-likeness (QED) is 0.427. The lowest BCUT2D eigenvalue weighted by Gasteiger charge is -2.18. The number of halogens is 4. The van der Waals surface area contributed by atoms with E-state index in [4.69, 9.17) is 9.47 Å². The minimum Gasteiger partial charge on any atom is -0.493 e. The Morgan fingerprint density at radius 2 is 1.88 bits per heavy atom. The van der Waals surface area contributed by atoms with Crippen molar-refractivity contribution in [1.82, 2.24) is 19.6 Å². The van der Waals surface area contributed by atoms with Crippen LogP contribution >= 0.6 is 0 Å². The standard InChI is InChI=1S/C22H15F4N5O2/c23-15-3-4-16-18-11(8-32-16)9-33-17-6-13(12-2-1-5-27-19(12)22(24,25)26)20-30-29-10-31(20)21(17)28-7-14(15)18/h1-6,10-11,28H,7-9H2/t11-/m0/s1. The SMILES string of the molecule is Fc1ccc2c3c1CNc1c(cc(-c4cccnc4C(F)(F)F)c4nncn14)OC[C@@H]3CO2. The third-order valence-electron chi connectivity index (χ3n) is 5.89. The molecule has 11 heteroatoms. The van der Waals surface area contributed by atoms with Gasteiger partial charge in [0.1, 0.15) is 17.9 Å². The molecule has 0 unspecified atom stereocenters. The molecule has 0 radical (unpaired) electrons. The van der Waals surface area contributed by atoms with Gasteiger partial charge in [0.05, 0.1) is 19.1 Å². The molecule has 0 saturated carbocycles. The second-order valence-electron chi connectivity index (χ2n) is 7.80. The van der Waals surface area contributed by atoms with E-state index in [-0.39, 0.29) is 47.4 Å². The van der Waals surface area contributed by atoms with Crippen molar-refractivity contribution in [2.75, 3.05) is 18.5 Å². The lowest BCUT2D eigenvalue weighted by Crippen LogP contribution is -2.13. The average Bonchev–Trinajstić information content (AvgIpc) is 3.44. The van der Waals surface area contributed by atoms with Gasteiger partial charge in [0.2, 0.25) is 0 Å². The number of rotatable bonds is 1. The molecule has 4 aromatic rings. The molecule has 1 N–H and O–H groups in total. The summed E-state index contributed by atoms with van der Waals surface area (Å²) in [5.41, 5.74) is 0.374. The summed E-state index contributed by atoms with van der Waals surface area (Å²) in [5, 5.41) is 11.1. The van der Waals surface area contributed by atoms with Crippen molar-refractivity contribution in [3.8, 4) is 22.6 Å². The number of fused-ring (bicyclic) bond motifs is 3. The Balaban J connectivity index is 1.53. The molecule has 5 heterocycles. The Morgan fingerprint density at radius 3 is 2.70 bits per heavy atom. The van der Waals surface area contributed by atoms with Gasteiger partial charge in [-0.1, -0.05) is 6.07 Å². The summed E-state index contributed by atoms with van der Waals surface area (Å²) >= 11 is 0. The number of hydrogen-bond acceptors (Lipinski definition) is 6. The molecule has 7 nitrogen and oxygen atoms in total. The van der Waals surface area contributed by atoms with Crippen LogP contribution in [-0.4, -0.2) is 32.8 Å². The van der Waals surface area contributed by atoms with Crippen LogP contribution < -0.4 is 14.8 Å². The first-order valence-corrected chi connectivity index (χ1v) is 10.1. The van der Waals surface area contributed by atoms with Crippen LogP contribution in [0.3, 0.4) is 0 Å². The van der Waals surface area contributed by atoms with Crippen LogP contribution in [0.5, 0.6) is 11.5 Å². The molecular weight excluding hydrogens is 442 g/mol. The molecule has 0 bridgehead atoms. The molecule has 2 aliphatic rings. The molecule has 33 heavy (non-hydrogen) atoms. The largest absolute Gasteiger partial charge is 0.493 e. The van der Waals surface area contributed by atoms with E-state index >= 15 is 0 Å². The van der Waals surface area contributed by atoms with E-state index in [0.29, 0.717) is 23.7 Å². The monoisotopic (exact) mass is 457 g/mol. The summed E-state index contributed by atoms with van der Waals surface area (Å²) in [6.45, 7) is 0.604. The number of nitrogens with zero attached hydrogens (tertiary/aromatic N) is 4. The maximum Gasteiger partial charge on any atom is 0.433 e. The van der Waals surface area contributed by atoms with Crippen LogP contribution in [0.1, 0.15) is 22.7 Å². The lowest BCUT2D eigenvalue weighted by molar-refractivity contribution is -0.140. The third kappa shape index (κ3) is 3.06. The van der Waals surface area contributed by atoms with E-state index in [1.807, 2.05) is 0 Å². The lowest BCUT2D eigenvalue weighted by atomic mass is 9.96. The summed E-state index contributed by atoms with van der Waals surface area (Å²) in [6.07, 6.45) is -2.20. The van der Waals surface area contributed by atoms with Gasteiger partial charge in [0.25, 0.3) is 0 Å². The highest BCUT2D eigenvalue weighted by Gasteiger charge is 2.37. The van der Waals surface area contributed by atoms with Gasteiger partial charge in [-0.3, -0.25) is 9.38 Å². The smallest absolute Gasteiger partial charge is 0.433 e. The van der Waals surface area contributed by atoms with Gasteiger partial charge in [0, 0.05) is 35.0 Å². The zero-order valence-electron chi connectivity index (χ0n) is 16.9. The first-order valence-electron chi connectivity index (χ1n) is 10.1. The Kier molecular flexibility index (Phi) is 4.23. The molecule has 0 amide bonds. The summed E-state index contributed by atoms with van der Waals surface area (Å²) in [4.78, 5) is 3.55. The Hall–Kier alpha value is -3.89. The first kappa shape index (κ1) is 19.8. The average molecular weight is 457 g/mol. The molecule has 0 aliphatic carbocycles. The fourth-order valence-corrected chi connectivity index (χ4v) is 4.43. The van der Waals surface area contributed by atoms with Gasteiger partial charge < -0.3 is 14.8 Å². The van der Waals surface area contributed by atoms with Crippen molar-refractivity contribution >= 4 is 11.5 Å². The molecule has 168 valence electrons. The van der Waals surface area contributed by atoms with Crippen LogP contribution in [0.15, 0.2) is 42.9 Å². The molecule has 0 spiro atoms. The van der Waals surface area contributed by atoms with E-state index in [9.17, 15) is 17.6 Å². The van der Waals surface area contributed by atoms with E-state index in [2.05, 4.69) is 20.5 Å². The summed E-state index contributed by atoms with van der Waals surface area (Å²) in [5.74, 6) is 0.711. The molecular formula is C22H15F4N5O2. The predicted molar refractivity (Wildman–Crippen MR) is 109 cm³/mol. The highest BCUT2D eigenvalue weighted by atomic mass is 19.4. The number of pyridine rings is 2. The zero-order valence-corrected chi connectivity index (χ0v) is 16.9. The number of hydrogen-bond donors (Lipinski definition) is 1. The number of benzene rings is 1. The second-order valence-corrected chi connectivity index (χ2v) is 7.80. The first-order chi connectivity index (χ1) is 15.9. The summed E-state index contributed by atoms with van der Waals surface area (Å²) in [7, 11) is 0. The molecule has 6 rings (SSSR count). The van der Waals surface area contributed by atoms with Crippen molar-refractivity contribution in [3.05, 3.63) is 65.5 Å². The summed E-state index contributed by atoms with van der Waals surface area (Å²) < 4.78 is 68.9. The molecule has 1 atom stereocenters. The van der Waals surface area contributed by atoms with Gasteiger partial charge in [0.15, 0.2) is 22.9 Å². The third-order valence-corrected chi connectivity index (χ3v) is 5.89. The van der Waals surface area contributed by atoms with Crippen molar-refractivity contribution in [1.29, 1.82) is 0 Å².